The minimum atomic E-state index is -0.400. The Balaban J connectivity index is 1.97. The number of hydrogen-bond donors (Lipinski definition) is 1. The number of halogens is 1. The Hall–Kier alpha value is 0.120. The molecule has 0 saturated carbocycles. The molecule has 1 fully saturated rings. The van der Waals surface area contributed by atoms with Crippen LogP contribution in [0.15, 0.2) is 0 Å². The van der Waals surface area contributed by atoms with Gasteiger partial charge >= 0.3 is 0 Å². The molecule has 0 aliphatic carbocycles. The van der Waals surface area contributed by atoms with E-state index in [2.05, 4.69) is 27.9 Å². The standard InChI is InChI=1S/C11H20INO3/c12-5-3-1-2-4-6-13-11(14)10-9-15-7-8-16-10/h10H,1-9H2,(H,13,14). The van der Waals surface area contributed by atoms with Crippen LogP contribution >= 0.6 is 22.6 Å². The summed E-state index contributed by atoms with van der Waals surface area (Å²) in [5, 5.41) is 2.88. The van der Waals surface area contributed by atoms with E-state index in [0.29, 0.717) is 19.8 Å². The fourth-order valence-electron chi connectivity index (χ4n) is 1.54. The first-order chi connectivity index (χ1) is 7.84. The molecule has 1 rings (SSSR count). The lowest BCUT2D eigenvalue weighted by Gasteiger charge is -2.21. The van der Waals surface area contributed by atoms with Crippen molar-refractivity contribution in [1.82, 2.24) is 5.32 Å². The van der Waals surface area contributed by atoms with Crippen LogP contribution in [0.3, 0.4) is 0 Å². The first kappa shape index (κ1) is 14.2. The van der Waals surface area contributed by atoms with Gasteiger partial charge in [0.05, 0.1) is 19.8 Å². The summed E-state index contributed by atoms with van der Waals surface area (Å²) in [6.07, 6.45) is 4.36. The number of hydrogen-bond acceptors (Lipinski definition) is 3. The quantitative estimate of drug-likeness (QED) is 0.434. The Kier molecular flexibility index (Phi) is 8.14. The molecule has 1 atom stereocenters. The van der Waals surface area contributed by atoms with E-state index in [1.165, 1.54) is 23.7 Å². The molecule has 1 unspecified atom stereocenters. The molecule has 1 amide bonds. The SMILES string of the molecule is O=C(NCCCCCCI)C1COCCO1. The van der Waals surface area contributed by atoms with Crippen LogP contribution in [-0.2, 0) is 14.3 Å². The first-order valence-electron chi connectivity index (χ1n) is 5.87. The van der Waals surface area contributed by atoms with Crippen molar-refractivity contribution in [2.24, 2.45) is 0 Å². The van der Waals surface area contributed by atoms with Crippen molar-refractivity contribution in [2.45, 2.75) is 31.8 Å². The third-order valence-electron chi connectivity index (χ3n) is 2.47. The average molecular weight is 341 g/mol. The highest BCUT2D eigenvalue weighted by molar-refractivity contribution is 14.1. The van der Waals surface area contributed by atoms with Crippen LogP contribution in [0.4, 0.5) is 0 Å². The van der Waals surface area contributed by atoms with Crippen LogP contribution in [0.5, 0.6) is 0 Å². The molecule has 1 N–H and O–H groups in total. The van der Waals surface area contributed by atoms with Gasteiger partial charge in [-0.05, 0) is 17.3 Å². The molecule has 1 aliphatic rings. The Morgan fingerprint density at radius 3 is 2.75 bits per heavy atom. The van der Waals surface area contributed by atoms with Crippen molar-refractivity contribution < 1.29 is 14.3 Å². The highest BCUT2D eigenvalue weighted by Crippen LogP contribution is 2.03. The van der Waals surface area contributed by atoms with Crippen LogP contribution < -0.4 is 5.32 Å². The van der Waals surface area contributed by atoms with E-state index in [1.54, 1.807) is 0 Å². The largest absolute Gasteiger partial charge is 0.376 e. The van der Waals surface area contributed by atoms with E-state index in [-0.39, 0.29) is 5.91 Å². The van der Waals surface area contributed by atoms with Gasteiger partial charge in [0, 0.05) is 6.54 Å². The van der Waals surface area contributed by atoms with E-state index in [4.69, 9.17) is 9.47 Å². The monoisotopic (exact) mass is 341 g/mol. The van der Waals surface area contributed by atoms with Crippen molar-refractivity contribution >= 4 is 28.5 Å². The van der Waals surface area contributed by atoms with Crippen molar-refractivity contribution in [3.05, 3.63) is 0 Å². The number of amides is 1. The highest BCUT2D eigenvalue weighted by atomic mass is 127. The number of carbonyl (C=O) groups excluding carboxylic acids is 1. The smallest absolute Gasteiger partial charge is 0.251 e. The molecule has 4 nitrogen and oxygen atoms in total. The van der Waals surface area contributed by atoms with Gasteiger partial charge in [-0.2, -0.15) is 0 Å². The Bertz CT molecular complexity index is 196. The van der Waals surface area contributed by atoms with E-state index in [0.717, 1.165) is 13.0 Å². The number of nitrogens with one attached hydrogen (secondary N) is 1. The van der Waals surface area contributed by atoms with Crippen molar-refractivity contribution in [1.29, 1.82) is 0 Å². The van der Waals surface area contributed by atoms with Crippen LogP contribution in [0, 0.1) is 0 Å². The van der Waals surface area contributed by atoms with E-state index in [9.17, 15) is 4.79 Å². The third-order valence-corrected chi connectivity index (χ3v) is 3.23. The number of carbonyl (C=O) groups is 1. The molecule has 0 radical (unpaired) electrons. The fourth-order valence-corrected chi connectivity index (χ4v) is 2.08. The molecule has 0 spiro atoms. The summed E-state index contributed by atoms with van der Waals surface area (Å²) in [6.45, 7) is 2.26. The lowest BCUT2D eigenvalue weighted by atomic mass is 10.2. The van der Waals surface area contributed by atoms with Crippen LogP contribution in [0.1, 0.15) is 25.7 Å². The van der Waals surface area contributed by atoms with Crippen LogP contribution in [0.2, 0.25) is 0 Å². The molecule has 1 saturated heterocycles. The van der Waals surface area contributed by atoms with Crippen molar-refractivity contribution in [3.8, 4) is 0 Å². The highest BCUT2D eigenvalue weighted by Gasteiger charge is 2.21. The topological polar surface area (TPSA) is 47.6 Å². The average Bonchev–Trinajstić information content (AvgIpc) is 2.34. The zero-order valence-electron chi connectivity index (χ0n) is 9.54. The van der Waals surface area contributed by atoms with Gasteiger partial charge in [-0.3, -0.25) is 4.79 Å². The molecule has 0 bridgehead atoms. The maximum Gasteiger partial charge on any atom is 0.251 e. The van der Waals surface area contributed by atoms with Gasteiger partial charge in [0.1, 0.15) is 0 Å². The summed E-state index contributed by atoms with van der Waals surface area (Å²) in [6, 6.07) is 0. The molecule has 16 heavy (non-hydrogen) atoms. The lowest BCUT2D eigenvalue weighted by molar-refractivity contribution is -0.147. The Morgan fingerprint density at radius 1 is 1.25 bits per heavy atom. The molecule has 1 heterocycles. The molecule has 0 aromatic heterocycles. The minimum absolute atomic E-state index is 0.0337. The van der Waals surface area contributed by atoms with Gasteiger partial charge in [0.25, 0.3) is 5.91 Å². The molecule has 94 valence electrons. The molecule has 0 aromatic rings. The maximum absolute atomic E-state index is 11.6. The second-order valence-electron chi connectivity index (χ2n) is 3.83. The molecule has 0 aromatic carbocycles. The Labute approximate surface area is 111 Å². The number of ether oxygens (including phenoxy) is 2. The van der Waals surface area contributed by atoms with E-state index < -0.39 is 6.10 Å². The molecule has 1 aliphatic heterocycles. The van der Waals surface area contributed by atoms with Gasteiger partial charge in [-0.25, -0.2) is 0 Å². The number of rotatable bonds is 7. The molecular weight excluding hydrogens is 321 g/mol. The molecule has 5 heteroatoms. The summed E-state index contributed by atoms with van der Waals surface area (Å²) in [4.78, 5) is 11.6. The lowest BCUT2D eigenvalue weighted by Crippen LogP contribution is -2.43. The summed E-state index contributed by atoms with van der Waals surface area (Å²) < 4.78 is 11.7. The second-order valence-corrected chi connectivity index (χ2v) is 4.91. The summed E-state index contributed by atoms with van der Waals surface area (Å²) in [7, 11) is 0. The number of unbranched alkanes of at least 4 members (excludes halogenated alkanes) is 3. The predicted molar refractivity (Wildman–Crippen MR) is 70.9 cm³/mol. The van der Waals surface area contributed by atoms with Gasteiger partial charge in [0.15, 0.2) is 6.10 Å². The summed E-state index contributed by atoms with van der Waals surface area (Å²) in [5.41, 5.74) is 0. The van der Waals surface area contributed by atoms with Gasteiger partial charge in [-0.1, -0.05) is 35.4 Å². The Morgan fingerprint density at radius 2 is 2.06 bits per heavy atom. The van der Waals surface area contributed by atoms with Crippen molar-refractivity contribution in [2.75, 3.05) is 30.8 Å². The van der Waals surface area contributed by atoms with Gasteiger partial charge < -0.3 is 14.8 Å². The van der Waals surface area contributed by atoms with Gasteiger partial charge in [0.2, 0.25) is 0 Å². The van der Waals surface area contributed by atoms with Crippen molar-refractivity contribution in [3.63, 3.8) is 0 Å². The number of alkyl halides is 1. The van der Waals surface area contributed by atoms with Crippen LogP contribution in [0.25, 0.3) is 0 Å². The normalized spacial score (nSPS) is 20.7. The molecular formula is C11H20INO3. The van der Waals surface area contributed by atoms with E-state index >= 15 is 0 Å². The minimum Gasteiger partial charge on any atom is -0.376 e. The zero-order chi connectivity index (χ0) is 11.6. The van der Waals surface area contributed by atoms with Gasteiger partial charge in [-0.15, -0.1) is 0 Å². The summed E-state index contributed by atoms with van der Waals surface area (Å²) in [5.74, 6) is -0.0337. The second kappa shape index (κ2) is 9.18. The van der Waals surface area contributed by atoms with E-state index in [1.807, 2.05) is 0 Å². The first-order valence-corrected chi connectivity index (χ1v) is 7.40. The van der Waals surface area contributed by atoms with Crippen LogP contribution in [-0.4, -0.2) is 42.8 Å². The zero-order valence-corrected chi connectivity index (χ0v) is 11.7. The summed E-state index contributed by atoms with van der Waals surface area (Å²) >= 11 is 2.39. The maximum atomic E-state index is 11.6. The predicted octanol–water partition coefficient (Wildman–Crippen LogP) is 1.51. The fraction of sp³-hybridized carbons (Fsp3) is 0.909. The third kappa shape index (κ3) is 6.00.